The fourth-order valence-corrected chi connectivity index (χ4v) is 5.35. The summed E-state index contributed by atoms with van der Waals surface area (Å²) in [5.74, 6) is 0.270. The van der Waals surface area contributed by atoms with E-state index >= 15 is 0 Å². The average molecular weight is 419 g/mol. The maximum Gasteiger partial charge on any atom is 0.323 e. The van der Waals surface area contributed by atoms with Crippen molar-refractivity contribution in [2.24, 2.45) is 0 Å². The van der Waals surface area contributed by atoms with Crippen molar-refractivity contribution in [3.05, 3.63) is 58.3 Å². The highest BCUT2D eigenvalue weighted by atomic mass is 32.2. The number of thioether (sulfide) groups is 1. The number of aryl methyl sites for hydroxylation is 1. The second-order valence-electron chi connectivity index (χ2n) is 6.63. The summed E-state index contributed by atoms with van der Waals surface area (Å²) in [6, 6.07) is 13.2. The predicted molar refractivity (Wildman–Crippen MR) is 115 cm³/mol. The van der Waals surface area contributed by atoms with E-state index in [1.54, 1.807) is 30.0 Å². The summed E-state index contributed by atoms with van der Waals surface area (Å²) in [6.07, 6.45) is 1.34. The molecule has 1 aromatic carbocycles. The van der Waals surface area contributed by atoms with E-state index in [4.69, 9.17) is 4.74 Å². The molecular formula is C21H26N2O3S2. The number of thiophene rings is 1. The lowest BCUT2D eigenvalue weighted by Gasteiger charge is -2.22. The fourth-order valence-electron chi connectivity index (χ4n) is 3.16. The van der Waals surface area contributed by atoms with E-state index in [9.17, 15) is 9.59 Å². The third-order valence-electron chi connectivity index (χ3n) is 4.64. The number of hydrogen-bond acceptors (Lipinski definition) is 6. The van der Waals surface area contributed by atoms with E-state index in [1.807, 2.05) is 36.4 Å². The quantitative estimate of drug-likeness (QED) is 0.645. The molecule has 5 nitrogen and oxygen atoms in total. The van der Waals surface area contributed by atoms with Gasteiger partial charge in [-0.25, -0.2) is 0 Å². The maximum absolute atomic E-state index is 12.6. The Bertz CT molecular complexity index is 752. The first-order chi connectivity index (χ1) is 13.7. The van der Waals surface area contributed by atoms with Crippen LogP contribution in [-0.4, -0.2) is 42.9 Å². The SMILES string of the molecule is CCOC(=O)[C@@H](CCc1ccccc1)N[C@@H]1CS[C@@H](c2cccs2)CNC1=O. The van der Waals surface area contributed by atoms with Gasteiger partial charge in [0.1, 0.15) is 6.04 Å². The van der Waals surface area contributed by atoms with Crippen LogP contribution in [0, 0.1) is 0 Å². The number of nitrogens with one attached hydrogen (secondary N) is 2. The third-order valence-corrected chi connectivity index (χ3v) is 7.12. The number of ether oxygens (including phenoxy) is 1. The molecule has 2 N–H and O–H groups in total. The van der Waals surface area contributed by atoms with Crippen LogP contribution in [0.15, 0.2) is 47.8 Å². The van der Waals surface area contributed by atoms with Gasteiger partial charge in [-0.1, -0.05) is 36.4 Å². The molecule has 0 bridgehead atoms. The molecule has 150 valence electrons. The summed E-state index contributed by atoms with van der Waals surface area (Å²) in [5.41, 5.74) is 1.16. The predicted octanol–water partition coefficient (Wildman–Crippen LogP) is 3.17. The molecule has 1 aliphatic rings. The van der Waals surface area contributed by atoms with Crippen molar-refractivity contribution in [2.45, 2.75) is 37.1 Å². The van der Waals surface area contributed by atoms with Crippen molar-refractivity contribution in [1.82, 2.24) is 10.6 Å². The maximum atomic E-state index is 12.6. The van der Waals surface area contributed by atoms with Gasteiger partial charge in [-0.05, 0) is 36.8 Å². The molecule has 2 heterocycles. The number of benzene rings is 1. The summed E-state index contributed by atoms with van der Waals surface area (Å²) >= 11 is 3.45. The van der Waals surface area contributed by atoms with Crippen molar-refractivity contribution in [2.75, 3.05) is 18.9 Å². The Morgan fingerprint density at radius 3 is 2.82 bits per heavy atom. The third kappa shape index (κ3) is 5.83. The highest BCUT2D eigenvalue weighted by Crippen LogP contribution is 2.33. The van der Waals surface area contributed by atoms with Crippen molar-refractivity contribution >= 4 is 35.0 Å². The van der Waals surface area contributed by atoms with Gasteiger partial charge < -0.3 is 10.1 Å². The lowest BCUT2D eigenvalue weighted by atomic mass is 10.0. The van der Waals surface area contributed by atoms with Gasteiger partial charge in [0.15, 0.2) is 0 Å². The first-order valence-electron chi connectivity index (χ1n) is 9.56. The Balaban J connectivity index is 1.63. The zero-order valence-electron chi connectivity index (χ0n) is 15.9. The topological polar surface area (TPSA) is 67.4 Å². The molecule has 0 radical (unpaired) electrons. The van der Waals surface area contributed by atoms with Crippen molar-refractivity contribution < 1.29 is 14.3 Å². The van der Waals surface area contributed by atoms with E-state index in [-0.39, 0.29) is 17.1 Å². The first kappa shape index (κ1) is 20.9. The van der Waals surface area contributed by atoms with E-state index in [0.29, 0.717) is 25.3 Å². The summed E-state index contributed by atoms with van der Waals surface area (Å²) in [7, 11) is 0. The van der Waals surface area contributed by atoms with Crippen LogP contribution >= 0.6 is 23.1 Å². The van der Waals surface area contributed by atoms with Crippen LogP contribution in [0.25, 0.3) is 0 Å². The molecule has 1 fully saturated rings. The normalized spacial score (nSPS) is 20.8. The smallest absolute Gasteiger partial charge is 0.323 e. The van der Waals surface area contributed by atoms with Gasteiger partial charge in [0.05, 0.1) is 17.9 Å². The van der Waals surface area contributed by atoms with Gasteiger partial charge in [0, 0.05) is 17.2 Å². The largest absolute Gasteiger partial charge is 0.465 e. The average Bonchev–Trinajstić information content (AvgIpc) is 3.18. The van der Waals surface area contributed by atoms with Crippen LogP contribution in [0.3, 0.4) is 0 Å². The summed E-state index contributed by atoms with van der Waals surface area (Å²) < 4.78 is 5.24. The van der Waals surface area contributed by atoms with E-state index in [0.717, 1.165) is 12.0 Å². The molecule has 1 aliphatic heterocycles. The molecule has 3 rings (SSSR count). The Labute approximate surface area is 174 Å². The second kappa shape index (κ2) is 10.6. The van der Waals surface area contributed by atoms with E-state index < -0.39 is 12.1 Å². The number of amides is 1. The van der Waals surface area contributed by atoms with Crippen LogP contribution in [0.5, 0.6) is 0 Å². The molecule has 2 aromatic rings. The number of carbonyl (C=O) groups excluding carboxylic acids is 2. The molecule has 0 aliphatic carbocycles. The molecule has 28 heavy (non-hydrogen) atoms. The highest BCUT2D eigenvalue weighted by Gasteiger charge is 2.31. The van der Waals surface area contributed by atoms with Crippen LogP contribution in [0.2, 0.25) is 0 Å². The lowest BCUT2D eigenvalue weighted by molar-refractivity contribution is -0.146. The van der Waals surface area contributed by atoms with E-state index in [1.165, 1.54) is 4.88 Å². The van der Waals surface area contributed by atoms with Gasteiger partial charge in [0.25, 0.3) is 0 Å². The van der Waals surface area contributed by atoms with Gasteiger partial charge in [0.2, 0.25) is 5.91 Å². The fraction of sp³-hybridized carbons (Fsp3) is 0.429. The molecule has 1 saturated heterocycles. The van der Waals surface area contributed by atoms with Crippen LogP contribution in [0.4, 0.5) is 0 Å². The first-order valence-corrected chi connectivity index (χ1v) is 11.5. The Kier molecular flexibility index (Phi) is 7.94. The van der Waals surface area contributed by atoms with E-state index in [2.05, 4.69) is 22.1 Å². The molecule has 7 heteroatoms. The second-order valence-corrected chi connectivity index (χ2v) is 8.85. The zero-order chi connectivity index (χ0) is 19.8. The van der Waals surface area contributed by atoms with Crippen molar-refractivity contribution in [3.8, 4) is 0 Å². The molecule has 0 spiro atoms. The number of esters is 1. The summed E-state index contributed by atoms with van der Waals surface area (Å²) in [4.78, 5) is 26.3. The standard InChI is InChI=1S/C21H26N2O3S2/c1-2-26-21(25)16(11-10-15-7-4-3-5-8-15)23-17-14-28-19(13-22-20(17)24)18-9-6-12-27-18/h3-9,12,16-17,19,23H,2,10-11,13-14H2,1H3,(H,22,24)/t16-,17-,19-/m1/s1. The monoisotopic (exact) mass is 418 g/mol. The number of hydrogen-bond donors (Lipinski definition) is 2. The minimum absolute atomic E-state index is 0.0550. The van der Waals surface area contributed by atoms with Crippen LogP contribution in [-0.2, 0) is 20.7 Å². The molecule has 0 saturated carbocycles. The number of carbonyl (C=O) groups is 2. The minimum Gasteiger partial charge on any atom is -0.465 e. The van der Waals surface area contributed by atoms with Crippen LogP contribution in [0.1, 0.15) is 29.0 Å². The Hall–Kier alpha value is -1.83. The van der Waals surface area contributed by atoms with Gasteiger partial charge in [-0.15, -0.1) is 23.1 Å². The highest BCUT2D eigenvalue weighted by molar-refractivity contribution is 7.99. The van der Waals surface area contributed by atoms with Gasteiger partial charge >= 0.3 is 5.97 Å². The Morgan fingerprint density at radius 2 is 2.11 bits per heavy atom. The molecule has 1 aromatic heterocycles. The summed E-state index contributed by atoms with van der Waals surface area (Å²) in [5, 5.41) is 8.58. The molecule has 3 atom stereocenters. The summed E-state index contributed by atoms with van der Waals surface area (Å²) in [6.45, 7) is 2.73. The molecular weight excluding hydrogens is 392 g/mol. The van der Waals surface area contributed by atoms with Gasteiger partial charge in [-0.2, -0.15) is 0 Å². The Morgan fingerprint density at radius 1 is 1.29 bits per heavy atom. The zero-order valence-corrected chi connectivity index (χ0v) is 17.6. The number of rotatable bonds is 8. The van der Waals surface area contributed by atoms with Gasteiger partial charge in [-0.3, -0.25) is 14.9 Å². The lowest BCUT2D eigenvalue weighted by Crippen LogP contribution is -2.52. The van der Waals surface area contributed by atoms with Crippen LogP contribution < -0.4 is 10.6 Å². The molecule has 0 unspecified atom stereocenters. The van der Waals surface area contributed by atoms with Crippen molar-refractivity contribution in [1.29, 1.82) is 0 Å². The molecule has 1 amide bonds. The van der Waals surface area contributed by atoms with Crippen molar-refractivity contribution in [3.63, 3.8) is 0 Å². The minimum atomic E-state index is -0.505.